The van der Waals surface area contributed by atoms with E-state index in [0.717, 1.165) is 11.4 Å². The summed E-state index contributed by atoms with van der Waals surface area (Å²) in [5.41, 5.74) is 1.70. The van der Waals surface area contributed by atoms with Crippen LogP contribution in [-0.4, -0.2) is 44.7 Å². The van der Waals surface area contributed by atoms with Gasteiger partial charge in [-0.3, -0.25) is 4.79 Å². The highest BCUT2D eigenvalue weighted by molar-refractivity contribution is 5.90. The molecule has 0 bridgehead atoms. The summed E-state index contributed by atoms with van der Waals surface area (Å²) in [7, 11) is 0. The van der Waals surface area contributed by atoms with Crippen molar-refractivity contribution in [1.82, 2.24) is 24.9 Å². The van der Waals surface area contributed by atoms with Gasteiger partial charge in [-0.25, -0.2) is 9.50 Å². The summed E-state index contributed by atoms with van der Waals surface area (Å²) in [4.78, 5) is 20.8. The normalized spacial score (nSPS) is 16.0. The van der Waals surface area contributed by atoms with Crippen LogP contribution in [-0.2, 0) is 0 Å². The van der Waals surface area contributed by atoms with Crippen LogP contribution in [0.2, 0.25) is 0 Å². The van der Waals surface area contributed by atoms with Crippen molar-refractivity contribution in [1.29, 1.82) is 0 Å². The average Bonchev–Trinajstić information content (AvgIpc) is 3.04. The number of aromatic nitrogens is 4. The number of nitrogens with one attached hydrogen (secondary N) is 1. The maximum atomic E-state index is 12.3. The third kappa shape index (κ3) is 2.98. The predicted octanol–water partition coefficient (Wildman–Crippen LogP) is 1.31. The van der Waals surface area contributed by atoms with Gasteiger partial charge >= 0.3 is 0 Å². The lowest BCUT2D eigenvalue weighted by atomic mass is 10.2. The number of benzene rings is 1. The molecule has 25 heavy (non-hydrogen) atoms. The van der Waals surface area contributed by atoms with Gasteiger partial charge in [0, 0.05) is 11.4 Å². The van der Waals surface area contributed by atoms with Crippen molar-refractivity contribution >= 4 is 11.7 Å². The molecule has 4 rings (SSSR count). The van der Waals surface area contributed by atoms with Crippen molar-refractivity contribution in [2.24, 2.45) is 0 Å². The molecule has 0 saturated carbocycles. The fraction of sp³-hybridized carbons (Fsp3) is 0.294. The van der Waals surface area contributed by atoms with E-state index in [9.17, 15) is 4.79 Å². The third-order valence-corrected chi connectivity index (χ3v) is 3.88. The zero-order valence-corrected chi connectivity index (χ0v) is 13.9. The van der Waals surface area contributed by atoms with Gasteiger partial charge in [0.25, 0.3) is 11.7 Å². The summed E-state index contributed by atoms with van der Waals surface area (Å²) in [6.07, 6.45) is -0.266. The summed E-state index contributed by atoms with van der Waals surface area (Å²) in [6, 6.07) is 9.33. The van der Waals surface area contributed by atoms with Crippen LogP contribution < -0.4 is 14.8 Å². The Kier molecular flexibility index (Phi) is 3.72. The molecule has 3 heterocycles. The van der Waals surface area contributed by atoms with Crippen LogP contribution in [0.4, 0.5) is 0 Å². The number of rotatable bonds is 3. The first kappa shape index (κ1) is 15.4. The van der Waals surface area contributed by atoms with E-state index in [1.165, 1.54) is 0 Å². The zero-order valence-electron chi connectivity index (χ0n) is 13.9. The monoisotopic (exact) mass is 339 g/mol. The van der Waals surface area contributed by atoms with Crippen LogP contribution in [0.15, 0.2) is 30.3 Å². The van der Waals surface area contributed by atoms with E-state index in [1.807, 2.05) is 44.2 Å². The summed E-state index contributed by atoms with van der Waals surface area (Å²) < 4.78 is 13.0. The summed E-state index contributed by atoms with van der Waals surface area (Å²) in [6.45, 7) is 4.44. The number of hydrogen-bond donors (Lipinski definition) is 1. The largest absolute Gasteiger partial charge is 0.486 e. The van der Waals surface area contributed by atoms with Gasteiger partial charge in [0.05, 0.1) is 6.54 Å². The summed E-state index contributed by atoms with van der Waals surface area (Å²) in [5.74, 6) is 1.51. The molecule has 8 heteroatoms. The number of ether oxygens (including phenoxy) is 2. The predicted molar refractivity (Wildman–Crippen MR) is 88.9 cm³/mol. The molecule has 0 aliphatic carbocycles. The molecule has 0 fully saturated rings. The van der Waals surface area contributed by atoms with Crippen LogP contribution in [0.25, 0.3) is 5.78 Å². The number of amides is 1. The first-order chi connectivity index (χ1) is 12.1. The van der Waals surface area contributed by atoms with Crippen LogP contribution in [0, 0.1) is 13.8 Å². The van der Waals surface area contributed by atoms with E-state index in [4.69, 9.17) is 9.47 Å². The number of nitrogens with zero attached hydrogens (tertiary/aromatic N) is 4. The van der Waals surface area contributed by atoms with Crippen LogP contribution in [0.3, 0.4) is 0 Å². The van der Waals surface area contributed by atoms with Crippen LogP contribution in [0.5, 0.6) is 11.5 Å². The highest BCUT2D eigenvalue weighted by Crippen LogP contribution is 2.30. The van der Waals surface area contributed by atoms with Gasteiger partial charge in [-0.2, -0.15) is 4.98 Å². The lowest BCUT2D eigenvalue weighted by Crippen LogP contribution is -2.41. The number of hydrogen-bond acceptors (Lipinski definition) is 6. The molecule has 1 N–H and O–H groups in total. The molecular formula is C17H17N5O3. The fourth-order valence-corrected chi connectivity index (χ4v) is 2.71. The van der Waals surface area contributed by atoms with E-state index < -0.39 is 0 Å². The molecule has 1 unspecified atom stereocenters. The number of para-hydroxylation sites is 2. The molecule has 1 aromatic carbocycles. The first-order valence-electron chi connectivity index (χ1n) is 7.98. The Balaban J connectivity index is 1.44. The number of aryl methyl sites for hydroxylation is 2. The van der Waals surface area contributed by atoms with Gasteiger partial charge < -0.3 is 14.8 Å². The fourth-order valence-electron chi connectivity index (χ4n) is 2.71. The first-order valence-corrected chi connectivity index (χ1v) is 7.98. The zero-order chi connectivity index (χ0) is 17.4. The molecule has 1 aliphatic rings. The summed E-state index contributed by atoms with van der Waals surface area (Å²) >= 11 is 0. The minimum atomic E-state index is -0.370. The molecule has 3 aromatic rings. The molecule has 0 radical (unpaired) electrons. The molecule has 0 saturated heterocycles. The Morgan fingerprint density at radius 3 is 2.92 bits per heavy atom. The van der Waals surface area contributed by atoms with Crippen molar-refractivity contribution in [2.75, 3.05) is 13.2 Å². The van der Waals surface area contributed by atoms with Crippen molar-refractivity contribution in [3.63, 3.8) is 0 Å². The van der Waals surface area contributed by atoms with Crippen LogP contribution in [0.1, 0.15) is 22.0 Å². The molecule has 1 amide bonds. The Bertz CT molecular complexity index is 953. The maximum Gasteiger partial charge on any atom is 0.291 e. The lowest BCUT2D eigenvalue weighted by molar-refractivity contribution is 0.0783. The van der Waals surface area contributed by atoms with E-state index in [-0.39, 0.29) is 17.8 Å². The van der Waals surface area contributed by atoms with Crippen molar-refractivity contribution in [3.05, 3.63) is 47.5 Å². The standard InChI is InChI=1S/C17H17N5O3/c1-10-7-11(2)22-17(19-10)20-15(21-22)16(23)18-8-12-9-24-13-5-3-4-6-14(13)25-12/h3-7,12H,8-9H2,1-2H3,(H,18,23). The molecule has 8 nitrogen and oxygen atoms in total. The Morgan fingerprint density at radius 1 is 1.28 bits per heavy atom. The average molecular weight is 339 g/mol. The number of carbonyl (C=O) groups is 1. The second kappa shape index (κ2) is 6.04. The van der Waals surface area contributed by atoms with Crippen molar-refractivity contribution in [3.8, 4) is 11.5 Å². The lowest BCUT2D eigenvalue weighted by Gasteiger charge is -2.26. The molecule has 1 atom stereocenters. The summed E-state index contributed by atoms with van der Waals surface area (Å²) in [5, 5.41) is 7.00. The third-order valence-electron chi connectivity index (χ3n) is 3.88. The smallest absolute Gasteiger partial charge is 0.291 e. The second-order valence-electron chi connectivity index (χ2n) is 5.89. The number of fused-ring (bicyclic) bond motifs is 2. The maximum absolute atomic E-state index is 12.3. The second-order valence-corrected chi connectivity index (χ2v) is 5.89. The number of carbonyl (C=O) groups excluding carboxylic acids is 1. The molecule has 128 valence electrons. The molecule has 0 spiro atoms. The molecule has 2 aromatic heterocycles. The highest BCUT2D eigenvalue weighted by Gasteiger charge is 2.22. The molecular weight excluding hydrogens is 322 g/mol. The van der Waals surface area contributed by atoms with E-state index in [2.05, 4.69) is 20.4 Å². The van der Waals surface area contributed by atoms with Crippen molar-refractivity contribution < 1.29 is 14.3 Å². The van der Waals surface area contributed by atoms with E-state index in [0.29, 0.717) is 30.4 Å². The van der Waals surface area contributed by atoms with Gasteiger partial charge in [-0.1, -0.05) is 12.1 Å². The SMILES string of the molecule is Cc1cc(C)n2nc(C(=O)NCC3COc4ccccc4O3)nc2n1. The van der Waals surface area contributed by atoms with Gasteiger partial charge in [-0.05, 0) is 32.0 Å². The Morgan fingerprint density at radius 2 is 2.08 bits per heavy atom. The minimum Gasteiger partial charge on any atom is -0.486 e. The molecule has 1 aliphatic heterocycles. The van der Waals surface area contributed by atoms with E-state index in [1.54, 1.807) is 4.52 Å². The van der Waals surface area contributed by atoms with Gasteiger partial charge in [0.2, 0.25) is 5.82 Å². The van der Waals surface area contributed by atoms with Gasteiger partial charge in [0.15, 0.2) is 11.5 Å². The van der Waals surface area contributed by atoms with Gasteiger partial charge in [0.1, 0.15) is 12.7 Å². The minimum absolute atomic E-state index is 0.0818. The topological polar surface area (TPSA) is 90.6 Å². The van der Waals surface area contributed by atoms with E-state index >= 15 is 0 Å². The Labute approximate surface area is 143 Å². The van der Waals surface area contributed by atoms with Gasteiger partial charge in [-0.15, -0.1) is 5.10 Å². The van der Waals surface area contributed by atoms with Crippen LogP contribution >= 0.6 is 0 Å². The van der Waals surface area contributed by atoms with Crippen molar-refractivity contribution in [2.45, 2.75) is 20.0 Å². The highest BCUT2D eigenvalue weighted by atomic mass is 16.6. The quantitative estimate of drug-likeness (QED) is 0.774. The Hall–Kier alpha value is -3.16.